The highest BCUT2D eigenvalue weighted by Crippen LogP contribution is 2.39. The van der Waals surface area contributed by atoms with Gasteiger partial charge in [0.2, 0.25) is 0 Å². The molecule has 0 spiro atoms. The Balaban J connectivity index is 2.37. The highest BCUT2D eigenvalue weighted by atomic mass is 35.5. The van der Waals surface area contributed by atoms with Gasteiger partial charge in [0.1, 0.15) is 0 Å². The van der Waals surface area contributed by atoms with Crippen LogP contribution in [0.15, 0.2) is 18.2 Å². The lowest BCUT2D eigenvalue weighted by atomic mass is 9.93. The fourth-order valence-electron chi connectivity index (χ4n) is 2.82. The molecule has 0 fully saturated rings. The molecule has 0 radical (unpaired) electrons. The lowest BCUT2D eigenvalue weighted by Crippen LogP contribution is -2.18. The zero-order valence-electron chi connectivity index (χ0n) is 12.2. The number of carbonyl (C=O) groups excluding carboxylic acids is 1. The first-order valence-corrected chi connectivity index (χ1v) is 7.53. The number of aliphatic hydroxyl groups is 1. The van der Waals surface area contributed by atoms with E-state index in [2.05, 4.69) is 4.98 Å². The Labute approximate surface area is 138 Å². The van der Waals surface area contributed by atoms with Crippen molar-refractivity contribution in [3.05, 3.63) is 50.8 Å². The molecule has 1 aromatic heterocycles. The molecule has 0 saturated heterocycles. The molecule has 0 atom stereocenters. The van der Waals surface area contributed by atoms with Crippen LogP contribution in [-0.2, 0) is 13.2 Å². The monoisotopic (exact) mass is 336 g/mol. The summed E-state index contributed by atoms with van der Waals surface area (Å²) in [5, 5.41) is 10.7. The average molecular weight is 337 g/mol. The van der Waals surface area contributed by atoms with Crippen LogP contribution < -0.4 is 0 Å². The van der Waals surface area contributed by atoms with E-state index in [-0.39, 0.29) is 12.5 Å². The quantitative estimate of drug-likeness (QED) is 0.913. The van der Waals surface area contributed by atoms with E-state index in [0.29, 0.717) is 50.2 Å². The van der Waals surface area contributed by atoms with Gasteiger partial charge in [-0.1, -0.05) is 29.3 Å². The molecule has 1 aliphatic rings. The molecule has 1 N–H and O–H groups in total. The number of pyridine rings is 1. The number of amides is 1. The SMILES string of the molecule is Cc1nc2c(c(-c3ccc(Cl)cc3Cl)c1CO)C(=O)N(C)C2. The first-order valence-electron chi connectivity index (χ1n) is 6.78. The predicted molar refractivity (Wildman–Crippen MR) is 86.2 cm³/mol. The smallest absolute Gasteiger partial charge is 0.256 e. The van der Waals surface area contributed by atoms with Gasteiger partial charge in [-0.05, 0) is 19.1 Å². The molecule has 0 aliphatic carbocycles. The fourth-order valence-corrected chi connectivity index (χ4v) is 3.32. The fraction of sp³-hybridized carbons (Fsp3) is 0.250. The molecular weight excluding hydrogens is 323 g/mol. The molecule has 4 nitrogen and oxygen atoms in total. The molecule has 1 aliphatic heterocycles. The van der Waals surface area contributed by atoms with Crippen molar-refractivity contribution < 1.29 is 9.90 Å². The number of benzene rings is 1. The van der Waals surface area contributed by atoms with Crippen LogP contribution in [-0.4, -0.2) is 27.9 Å². The Morgan fingerprint density at radius 3 is 2.68 bits per heavy atom. The van der Waals surface area contributed by atoms with Crippen molar-refractivity contribution >= 4 is 29.1 Å². The Kier molecular flexibility index (Phi) is 3.85. The maximum Gasteiger partial charge on any atom is 0.256 e. The maximum atomic E-state index is 12.5. The Morgan fingerprint density at radius 2 is 2.05 bits per heavy atom. The zero-order chi connectivity index (χ0) is 16.0. The summed E-state index contributed by atoms with van der Waals surface area (Å²) in [5.41, 5.74) is 3.88. The van der Waals surface area contributed by atoms with Crippen molar-refractivity contribution in [3.8, 4) is 11.1 Å². The summed E-state index contributed by atoms with van der Waals surface area (Å²) in [6, 6.07) is 5.12. The van der Waals surface area contributed by atoms with Crippen molar-refractivity contribution in [1.29, 1.82) is 0 Å². The van der Waals surface area contributed by atoms with E-state index in [0.717, 1.165) is 0 Å². The van der Waals surface area contributed by atoms with Crippen molar-refractivity contribution in [1.82, 2.24) is 9.88 Å². The molecule has 2 aromatic rings. The largest absolute Gasteiger partial charge is 0.392 e. The molecule has 22 heavy (non-hydrogen) atoms. The molecular formula is C16H14Cl2N2O2. The maximum absolute atomic E-state index is 12.5. The van der Waals surface area contributed by atoms with Crippen LogP contribution in [0, 0.1) is 6.92 Å². The first kappa shape index (κ1) is 15.3. The number of aromatic nitrogens is 1. The van der Waals surface area contributed by atoms with Gasteiger partial charge in [0.25, 0.3) is 5.91 Å². The zero-order valence-corrected chi connectivity index (χ0v) is 13.7. The van der Waals surface area contributed by atoms with Gasteiger partial charge in [-0.25, -0.2) is 0 Å². The molecule has 1 aromatic carbocycles. The third-order valence-electron chi connectivity index (χ3n) is 3.89. The number of aryl methyl sites for hydroxylation is 1. The number of carbonyl (C=O) groups is 1. The molecule has 0 saturated carbocycles. The molecule has 0 unspecified atom stereocenters. The van der Waals surface area contributed by atoms with E-state index in [1.807, 2.05) is 6.92 Å². The summed E-state index contributed by atoms with van der Waals surface area (Å²) < 4.78 is 0. The molecule has 6 heteroatoms. The minimum atomic E-state index is -0.211. The molecule has 2 heterocycles. The number of hydrogen-bond donors (Lipinski definition) is 1. The van der Waals surface area contributed by atoms with Gasteiger partial charge in [-0.3, -0.25) is 9.78 Å². The minimum absolute atomic E-state index is 0.113. The van der Waals surface area contributed by atoms with Crippen molar-refractivity contribution in [2.45, 2.75) is 20.1 Å². The summed E-state index contributed by atoms with van der Waals surface area (Å²) >= 11 is 12.3. The number of rotatable bonds is 2. The van der Waals surface area contributed by atoms with Crippen molar-refractivity contribution in [3.63, 3.8) is 0 Å². The van der Waals surface area contributed by atoms with Gasteiger partial charge < -0.3 is 10.0 Å². The van der Waals surface area contributed by atoms with Crippen LogP contribution in [0.2, 0.25) is 10.0 Å². The Morgan fingerprint density at radius 1 is 1.32 bits per heavy atom. The summed E-state index contributed by atoms with van der Waals surface area (Å²) in [6.45, 7) is 2.07. The number of fused-ring (bicyclic) bond motifs is 1. The second-order valence-corrected chi connectivity index (χ2v) is 6.16. The number of halogens is 2. The lowest BCUT2D eigenvalue weighted by molar-refractivity contribution is 0.0816. The van der Waals surface area contributed by atoms with Gasteiger partial charge in [0, 0.05) is 39.5 Å². The molecule has 0 bridgehead atoms. The van der Waals surface area contributed by atoms with E-state index >= 15 is 0 Å². The third kappa shape index (κ3) is 2.28. The number of hydrogen-bond acceptors (Lipinski definition) is 3. The minimum Gasteiger partial charge on any atom is -0.392 e. The Bertz CT molecular complexity index is 790. The van der Waals surface area contributed by atoms with Crippen LogP contribution in [0.5, 0.6) is 0 Å². The van der Waals surface area contributed by atoms with Crippen LogP contribution >= 0.6 is 23.2 Å². The topological polar surface area (TPSA) is 53.4 Å². The lowest BCUT2D eigenvalue weighted by Gasteiger charge is -2.16. The van der Waals surface area contributed by atoms with E-state index in [1.54, 1.807) is 30.1 Å². The van der Waals surface area contributed by atoms with Crippen LogP contribution in [0.4, 0.5) is 0 Å². The first-order chi connectivity index (χ1) is 10.4. The molecule has 114 valence electrons. The van der Waals surface area contributed by atoms with Crippen LogP contribution in [0.25, 0.3) is 11.1 Å². The van der Waals surface area contributed by atoms with E-state index in [1.165, 1.54) is 0 Å². The van der Waals surface area contributed by atoms with Crippen molar-refractivity contribution in [2.24, 2.45) is 0 Å². The Hall–Kier alpha value is -1.62. The van der Waals surface area contributed by atoms with Gasteiger partial charge in [-0.15, -0.1) is 0 Å². The highest BCUT2D eigenvalue weighted by Gasteiger charge is 2.32. The van der Waals surface area contributed by atoms with E-state index in [9.17, 15) is 9.90 Å². The average Bonchev–Trinajstić information content (AvgIpc) is 2.73. The normalized spacial score (nSPS) is 13.7. The van der Waals surface area contributed by atoms with Gasteiger partial charge >= 0.3 is 0 Å². The van der Waals surface area contributed by atoms with Gasteiger partial charge in [0.05, 0.1) is 24.4 Å². The highest BCUT2D eigenvalue weighted by molar-refractivity contribution is 6.36. The second-order valence-electron chi connectivity index (χ2n) is 5.32. The summed E-state index contributed by atoms with van der Waals surface area (Å²) in [5.74, 6) is -0.113. The number of aliphatic hydroxyl groups excluding tert-OH is 1. The molecule has 3 rings (SSSR count). The van der Waals surface area contributed by atoms with E-state index < -0.39 is 0 Å². The summed E-state index contributed by atoms with van der Waals surface area (Å²) in [6.07, 6.45) is 0. The van der Waals surface area contributed by atoms with Gasteiger partial charge in [0.15, 0.2) is 0 Å². The summed E-state index contributed by atoms with van der Waals surface area (Å²) in [7, 11) is 1.73. The number of nitrogens with zero attached hydrogens (tertiary/aromatic N) is 2. The summed E-state index contributed by atoms with van der Waals surface area (Å²) in [4.78, 5) is 18.6. The van der Waals surface area contributed by atoms with Crippen molar-refractivity contribution in [2.75, 3.05) is 7.05 Å². The third-order valence-corrected chi connectivity index (χ3v) is 4.43. The van der Waals surface area contributed by atoms with Gasteiger partial charge in [-0.2, -0.15) is 0 Å². The predicted octanol–water partition coefficient (Wildman–Crippen LogP) is 3.44. The van der Waals surface area contributed by atoms with Crippen LogP contribution in [0.3, 0.4) is 0 Å². The standard InChI is InChI=1S/C16H14Cl2N2O2/c1-8-11(7-21)14(10-4-3-9(17)5-12(10)18)15-13(19-8)6-20(2)16(15)22/h3-5,21H,6-7H2,1-2H3. The second kappa shape index (κ2) is 5.54. The van der Waals surface area contributed by atoms with Crippen LogP contribution in [0.1, 0.15) is 27.3 Å². The van der Waals surface area contributed by atoms with E-state index in [4.69, 9.17) is 23.2 Å². The molecule has 1 amide bonds.